The maximum atomic E-state index is 12.1. The molecule has 2 heterocycles. The van der Waals surface area contributed by atoms with Gasteiger partial charge in [-0.1, -0.05) is 0 Å². The second-order valence-electron chi connectivity index (χ2n) is 8.53. The van der Waals surface area contributed by atoms with Crippen LogP contribution in [0.4, 0.5) is 0 Å². The SMILES string of the molecule is Cn1c(=O)cc2n1CCCC2C12CC3CC(CC(C3)C1)C2. The van der Waals surface area contributed by atoms with Crippen molar-refractivity contribution in [3.8, 4) is 0 Å². The van der Waals surface area contributed by atoms with Crippen molar-refractivity contribution in [2.45, 2.75) is 63.8 Å². The molecule has 0 N–H and O–H groups in total. The van der Waals surface area contributed by atoms with E-state index in [4.69, 9.17) is 0 Å². The van der Waals surface area contributed by atoms with E-state index in [0.717, 1.165) is 24.3 Å². The highest BCUT2D eigenvalue weighted by atomic mass is 16.1. The minimum atomic E-state index is 0.196. The Morgan fingerprint density at radius 1 is 1.10 bits per heavy atom. The molecule has 6 rings (SSSR count). The first-order valence-corrected chi connectivity index (χ1v) is 8.91. The van der Waals surface area contributed by atoms with Crippen LogP contribution in [0, 0.1) is 23.2 Å². The second-order valence-corrected chi connectivity index (χ2v) is 8.53. The van der Waals surface area contributed by atoms with Gasteiger partial charge in [0.15, 0.2) is 0 Å². The largest absolute Gasteiger partial charge is 0.287 e. The molecule has 0 radical (unpaired) electrons. The molecule has 5 aliphatic rings. The molecule has 3 nitrogen and oxygen atoms in total. The standard InChI is InChI=1S/C18H26N2O/c1-19-17(21)8-16-15(3-2-4-20(16)19)18-9-12-5-13(10-18)7-14(6-12)11-18/h8,12-15H,2-7,9-11H2,1H3. The first kappa shape index (κ1) is 12.5. The quantitative estimate of drug-likeness (QED) is 0.778. The van der Waals surface area contributed by atoms with Crippen molar-refractivity contribution in [2.75, 3.05) is 0 Å². The summed E-state index contributed by atoms with van der Waals surface area (Å²) in [4.78, 5) is 12.1. The number of rotatable bonds is 1. The highest BCUT2D eigenvalue weighted by Gasteiger charge is 2.55. The molecule has 1 aliphatic heterocycles. The van der Waals surface area contributed by atoms with Crippen molar-refractivity contribution in [3.05, 3.63) is 22.1 Å². The Hall–Kier alpha value is -0.990. The van der Waals surface area contributed by atoms with Gasteiger partial charge in [0.25, 0.3) is 5.56 Å². The maximum absolute atomic E-state index is 12.1. The highest BCUT2D eigenvalue weighted by molar-refractivity contribution is 5.19. The van der Waals surface area contributed by atoms with Crippen LogP contribution >= 0.6 is 0 Å². The Bertz CT molecular complexity index is 603. The van der Waals surface area contributed by atoms with E-state index < -0.39 is 0 Å². The molecule has 21 heavy (non-hydrogen) atoms. The van der Waals surface area contributed by atoms with Crippen LogP contribution in [0.1, 0.15) is 63.0 Å². The van der Waals surface area contributed by atoms with Crippen LogP contribution in [0.25, 0.3) is 0 Å². The minimum absolute atomic E-state index is 0.196. The van der Waals surface area contributed by atoms with Crippen LogP contribution in [0.5, 0.6) is 0 Å². The number of aromatic nitrogens is 2. The van der Waals surface area contributed by atoms with Crippen LogP contribution < -0.4 is 5.56 Å². The molecule has 4 aliphatic carbocycles. The van der Waals surface area contributed by atoms with Gasteiger partial charge in [-0.05, 0) is 74.5 Å². The highest BCUT2D eigenvalue weighted by Crippen LogP contribution is 2.65. The number of hydrogen-bond acceptors (Lipinski definition) is 1. The molecule has 4 bridgehead atoms. The van der Waals surface area contributed by atoms with Gasteiger partial charge < -0.3 is 0 Å². The molecule has 4 saturated carbocycles. The second kappa shape index (κ2) is 4.05. The zero-order valence-electron chi connectivity index (χ0n) is 13.1. The molecule has 114 valence electrons. The fourth-order valence-electron chi connectivity index (χ4n) is 6.96. The summed E-state index contributed by atoms with van der Waals surface area (Å²) in [6, 6.07) is 1.96. The first-order chi connectivity index (χ1) is 10.1. The fourth-order valence-corrected chi connectivity index (χ4v) is 6.96. The molecule has 0 saturated heterocycles. The third kappa shape index (κ3) is 1.63. The van der Waals surface area contributed by atoms with Gasteiger partial charge in [-0.3, -0.25) is 14.2 Å². The van der Waals surface area contributed by atoms with Crippen molar-refractivity contribution in [2.24, 2.45) is 30.2 Å². The van der Waals surface area contributed by atoms with Gasteiger partial charge in [0, 0.05) is 31.3 Å². The van der Waals surface area contributed by atoms with E-state index in [1.165, 1.54) is 57.1 Å². The normalized spacial score (nSPS) is 44.0. The zero-order valence-corrected chi connectivity index (χ0v) is 13.1. The number of hydrogen-bond donors (Lipinski definition) is 0. The Morgan fingerprint density at radius 2 is 1.71 bits per heavy atom. The minimum Gasteiger partial charge on any atom is -0.287 e. The Labute approximate surface area is 126 Å². The lowest BCUT2D eigenvalue weighted by atomic mass is 9.45. The molecule has 1 unspecified atom stereocenters. The lowest BCUT2D eigenvalue weighted by Gasteiger charge is -2.60. The van der Waals surface area contributed by atoms with E-state index in [9.17, 15) is 4.79 Å². The average Bonchev–Trinajstić information content (AvgIpc) is 2.73. The van der Waals surface area contributed by atoms with Gasteiger partial charge >= 0.3 is 0 Å². The summed E-state index contributed by atoms with van der Waals surface area (Å²) in [6.45, 7) is 1.04. The van der Waals surface area contributed by atoms with Crippen molar-refractivity contribution in [1.29, 1.82) is 0 Å². The summed E-state index contributed by atoms with van der Waals surface area (Å²) in [7, 11) is 1.94. The van der Waals surface area contributed by atoms with Crippen LogP contribution in [0.3, 0.4) is 0 Å². The van der Waals surface area contributed by atoms with Gasteiger partial charge in [0.2, 0.25) is 0 Å². The Balaban J connectivity index is 1.60. The summed E-state index contributed by atoms with van der Waals surface area (Å²) in [5.41, 5.74) is 2.11. The summed E-state index contributed by atoms with van der Waals surface area (Å²) in [5, 5.41) is 0. The van der Waals surface area contributed by atoms with E-state index >= 15 is 0 Å². The fraction of sp³-hybridized carbons (Fsp3) is 0.833. The molecule has 3 heteroatoms. The number of nitrogens with zero attached hydrogens (tertiary/aromatic N) is 2. The van der Waals surface area contributed by atoms with Gasteiger partial charge in [-0.2, -0.15) is 0 Å². The van der Waals surface area contributed by atoms with Crippen molar-refractivity contribution < 1.29 is 0 Å². The van der Waals surface area contributed by atoms with Crippen LogP contribution in [-0.4, -0.2) is 9.36 Å². The molecular weight excluding hydrogens is 260 g/mol. The van der Waals surface area contributed by atoms with E-state index in [0.29, 0.717) is 11.3 Å². The Kier molecular flexibility index (Phi) is 2.42. The van der Waals surface area contributed by atoms with Crippen LogP contribution in [0.15, 0.2) is 10.9 Å². The predicted octanol–water partition coefficient (Wildman–Crippen LogP) is 3.28. The molecule has 0 aromatic carbocycles. The van der Waals surface area contributed by atoms with Crippen LogP contribution in [-0.2, 0) is 13.6 Å². The molecule has 1 aromatic heterocycles. The lowest BCUT2D eigenvalue weighted by molar-refractivity contribution is -0.0740. The molecule has 1 aromatic rings. The summed E-state index contributed by atoms with van der Waals surface area (Å²) >= 11 is 0. The van der Waals surface area contributed by atoms with Crippen molar-refractivity contribution >= 4 is 0 Å². The summed E-state index contributed by atoms with van der Waals surface area (Å²) in [5.74, 6) is 3.67. The lowest BCUT2D eigenvalue weighted by Crippen LogP contribution is -2.49. The first-order valence-electron chi connectivity index (χ1n) is 8.91. The molecule has 0 spiro atoms. The van der Waals surface area contributed by atoms with Gasteiger partial charge in [0.05, 0.1) is 0 Å². The van der Waals surface area contributed by atoms with Crippen molar-refractivity contribution in [1.82, 2.24) is 9.36 Å². The molecular formula is C18H26N2O. The predicted molar refractivity (Wildman–Crippen MR) is 82.3 cm³/mol. The van der Waals surface area contributed by atoms with E-state index in [1.807, 2.05) is 17.8 Å². The van der Waals surface area contributed by atoms with E-state index in [2.05, 4.69) is 4.68 Å². The third-order valence-electron chi connectivity index (χ3n) is 7.30. The smallest absolute Gasteiger partial charge is 0.266 e. The average molecular weight is 286 g/mol. The molecule has 1 atom stereocenters. The number of fused-ring (bicyclic) bond motifs is 1. The topological polar surface area (TPSA) is 26.9 Å². The molecule has 4 fully saturated rings. The Morgan fingerprint density at radius 3 is 2.33 bits per heavy atom. The third-order valence-corrected chi connectivity index (χ3v) is 7.30. The van der Waals surface area contributed by atoms with Gasteiger partial charge in [-0.25, -0.2) is 0 Å². The summed E-state index contributed by atoms with van der Waals surface area (Å²) < 4.78 is 4.14. The monoisotopic (exact) mass is 286 g/mol. The van der Waals surface area contributed by atoms with Gasteiger partial charge in [-0.15, -0.1) is 0 Å². The maximum Gasteiger partial charge on any atom is 0.266 e. The molecule has 0 amide bonds. The van der Waals surface area contributed by atoms with Crippen molar-refractivity contribution in [3.63, 3.8) is 0 Å². The van der Waals surface area contributed by atoms with E-state index in [-0.39, 0.29) is 5.56 Å². The van der Waals surface area contributed by atoms with E-state index in [1.54, 1.807) is 0 Å². The van der Waals surface area contributed by atoms with Gasteiger partial charge in [0.1, 0.15) is 0 Å². The zero-order chi connectivity index (χ0) is 14.2. The van der Waals surface area contributed by atoms with Crippen LogP contribution in [0.2, 0.25) is 0 Å². The summed E-state index contributed by atoms with van der Waals surface area (Å²) in [6.07, 6.45) is 11.4.